The number of imidazole rings is 1. The molecule has 3 heterocycles. The van der Waals surface area contributed by atoms with Gasteiger partial charge in [0.15, 0.2) is 11.5 Å². The number of benzene rings is 1. The van der Waals surface area contributed by atoms with Crippen LogP contribution in [0.3, 0.4) is 0 Å². The number of amides is 1. The Balaban J connectivity index is 1.66. The van der Waals surface area contributed by atoms with Gasteiger partial charge in [-0.15, -0.1) is 0 Å². The van der Waals surface area contributed by atoms with Crippen LogP contribution in [-0.2, 0) is 13.0 Å². The predicted octanol–water partition coefficient (Wildman–Crippen LogP) is 2.55. The highest BCUT2D eigenvalue weighted by Crippen LogP contribution is 2.33. The van der Waals surface area contributed by atoms with Gasteiger partial charge in [0.1, 0.15) is 5.65 Å². The predicted molar refractivity (Wildman–Crippen MR) is 93.2 cm³/mol. The van der Waals surface area contributed by atoms with Gasteiger partial charge in [-0.25, -0.2) is 4.98 Å². The fraction of sp³-hybridized carbons (Fsp3) is 0.263. The number of ether oxygens (including phenoxy) is 2. The molecule has 3 aromatic rings. The molecule has 1 aromatic carbocycles. The summed E-state index contributed by atoms with van der Waals surface area (Å²) in [5, 5.41) is 0. The Morgan fingerprint density at radius 2 is 1.88 bits per heavy atom. The van der Waals surface area contributed by atoms with Crippen LogP contribution >= 0.6 is 0 Å². The van der Waals surface area contributed by atoms with Crippen LogP contribution in [-0.4, -0.2) is 41.0 Å². The summed E-state index contributed by atoms with van der Waals surface area (Å²) < 4.78 is 12.6. The monoisotopic (exact) mass is 337 g/mol. The van der Waals surface area contributed by atoms with E-state index >= 15 is 0 Å². The molecular weight excluding hydrogens is 318 g/mol. The molecule has 0 atom stereocenters. The standard InChI is InChI=1S/C19H19N3O3/c1-24-16-10-13-5-8-22(12-14(13)11-17(16)25-2)19(23)15-4-3-7-21-9-6-20-18(15)21/h3-4,6-7,9-11H,5,8,12H2,1-2H3. The zero-order chi connectivity index (χ0) is 17.4. The maximum atomic E-state index is 13.0. The number of aromatic nitrogens is 2. The van der Waals surface area contributed by atoms with Gasteiger partial charge in [0.2, 0.25) is 0 Å². The van der Waals surface area contributed by atoms with E-state index < -0.39 is 0 Å². The van der Waals surface area contributed by atoms with Crippen molar-refractivity contribution in [3.63, 3.8) is 0 Å². The topological polar surface area (TPSA) is 56.1 Å². The van der Waals surface area contributed by atoms with Crippen molar-refractivity contribution >= 4 is 11.6 Å². The molecule has 0 bridgehead atoms. The second-order valence-electron chi connectivity index (χ2n) is 6.03. The average molecular weight is 337 g/mol. The number of rotatable bonds is 3. The van der Waals surface area contributed by atoms with Crippen molar-refractivity contribution in [3.05, 3.63) is 59.5 Å². The molecule has 0 spiro atoms. The smallest absolute Gasteiger partial charge is 0.257 e. The molecule has 6 heteroatoms. The summed E-state index contributed by atoms with van der Waals surface area (Å²) in [4.78, 5) is 19.2. The van der Waals surface area contributed by atoms with Gasteiger partial charge in [0, 0.05) is 31.7 Å². The van der Waals surface area contributed by atoms with Gasteiger partial charge in [0.25, 0.3) is 5.91 Å². The van der Waals surface area contributed by atoms with Crippen LogP contribution in [0.4, 0.5) is 0 Å². The summed E-state index contributed by atoms with van der Waals surface area (Å²) in [6.07, 6.45) is 6.23. The summed E-state index contributed by atoms with van der Waals surface area (Å²) in [5.74, 6) is 1.41. The lowest BCUT2D eigenvalue weighted by molar-refractivity contribution is 0.0736. The van der Waals surface area contributed by atoms with E-state index in [1.807, 2.05) is 46.0 Å². The highest BCUT2D eigenvalue weighted by Gasteiger charge is 2.25. The molecule has 25 heavy (non-hydrogen) atoms. The van der Waals surface area contributed by atoms with Crippen LogP contribution in [0, 0.1) is 0 Å². The highest BCUT2D eigenvalue weighted by molar-refractivity contribution is 5.99. The van der Waals surface area contributed by atoms with E-state index in [-0.39, 0.29) is 5.91 Å². The number of methoxy groups -OCH3 is 2. The van der Waals surface area contributed by atoms with Gasteiger partial charge in [-0.05, 0) is 41.8 Å². The summed E-state index contributed by atoms with van der Waals surface area (Å²) in [6, 6.07) is 7.66. The first kappa shape index (κ1) is 15.5. The lowest BCUT2D eigenvalue weighted by Gasteiger charge is -2.29. The Hall–Kier alpha value is -3.02. The van der Waals surface area contributed by atoms with Crippen molar-refractivity contribution in [1.82, 2.24) is 14.3 Å². The number of nitrogens with zero attached hydrogens (tertiary/aromatic N) is 3. The van der Waals surface area contributed by atoms with Gasteiger partial charge in [-0.2, -0.15) is 0 Å². The number of carbonyl (C=O) groups is 1. The number of hydrogen-bond donors (Lipinski definition) is 0. The molecule has 0 saturated carbocycles. The molecule has 0 radical (unpaired) electrons. The second kappa shape index (κ2) is 6.12. The minimum atomic E-state index is -0.00256. The SMILES string of the molecule is COc1cc2c(cc1OC)CN(C(=O)c1cccn3ccnc13)CC2. The minimum absolute atomic E-state index is 0.00256. The van der Waals surface area contributed by atoms with Crippen molar-refractivity contribution in [2.24, 2.45) is 0 Å². The molecule has 0 saturated heterocycles. The number of pyridine rings is 1. The third kappa shape index (κ3) is 2.59. The van der Waals surface area contributed by atoms with Crippen LogP contribution in [0.25, 0.3) is 5.65 Å². The summed E-state index contributed by atoms with van der Waals surface area (Å²) >= 11 is 0. The van der Waals surface area contributed by atoms with Crippen LogP contribution in [0.1, 0.15) is 21.5 Å². The number of carbonyl (C=O) groups excluding carboxylic acids is 1. The van der Waals surface area contributed by atoms with Gasteiger partial charge < -0.3 is 18.8 Å². The Morgan fingerprint density at radius 1 is 1.12 bits per heavy atom. The van der Waals surface area contributed by atoms with Crippen LogP contribution < -0.4 is 9.47 Å². The zero-order valence-electron chi connectivity index (χ0n) is 14.2. The molecule has 0 unspecified atom stereocenters. The maximum Gasteiger partial charge on any atom is 0.257 e. The fourth-order valence-corrected chi connectivity index (χ4v) is 3.34. The Labute approximate surface area is 145 Å². The summed E-state index contributed by atoms with van der Waals surface area (Å²) in [5.41, 5.74) is 3.59. The first-order valence-electron chi connectivity index (χ1n) is 8.16. The largest absolute Gasteiger partial charge is 0.493 e. The van der Waals surface area contributed by atoms with Crippen LogP contribution in [0.5, 0.6) is 11.5 Å². The summed E-state index contributed by atoms with van der Waals surface area (Å²) in [6.45, 7) is 1.22. The van der Waals surface area contributed by atoms with Crippen molar-refractivity contribution in [1.29, 1.82) is 0 Å². The van der Waals surface area contributed by atoms with E-state index in [1.54, 1.807) is 20.4 Å². The molecule has 6 nitrogen and oxygen atoms in total. The molecule has 2 aromatic heterocycles. The first-order chi connectivity index (χ1) is 12.2. The molecule has 128 valence electrons. The fourth-order valence-electron chi connectivity index (χ4n) is 3.34. The number of hydrogen-bond acceptors (Lipinski definition) is 4. The molecule has 1 amide bonds. The normalized spacial score (nSPS) is 13.6. The second-order valence-corrected chi connectivity index (χ2v) is 6.03. The molecular formula is C19H19N3O3. The van der Waals surface area contributed by atoms with Crippen molar-refractivity contribution < 1.29 is 14.3 Å². The molecule has 1 aliphatic rings. The average Bonchev–Trinajstić information content (AvgIpc) is 3.14. The van der Waals surface area contributed by atoms with E-state index in [1.165, 1.54) is 5.56 Å². The van der Waals surface area contributed by atoms with E-state index in [0.717, 1.165) is 17.7 Å². The van der Waals surface area contributed by atoms with Crippen LogP contribution in [0.2, 0.25) is 0 Å². The van der Waals surface area contributed by atoms with Crippen molar-refractivity contribution in [2.45, 2.75) is 13.0 Å². The van der Waals surface area contributed by atoms with E-state index in [4.69, 9.17) is 9.47 Å². The first-order valence-corrected chi connectivity index (χ1v) is 8.16. The van der Waals surface area contributed by atoms with E-state index in [2.05, 4.69) is 4.98 Å². The Morgan fingerprint density at radius 3 is 2.64 bits per heavy atom. The summed E-state index contributed by atoms with van der Waals surface area (Å²) in [7, 11) is 3.25. The van der Waals surface area contributed by atoms with Crippen molar-refractivity contribution in [3.8, 4) is 11.5 Å². The van der Waals surface area contributed by atoms with E-state index in [9.17, 15) is 4.79 Å². The molecule has 0 aliphatic carbocycles. The lowest BCUT2D eigenvalue weighted by atomic mass is 9.98. The molecule has 0 N–H and O–H groups in total. The van der Waals surface area contributed by atoms with Gasteiger partial charge >= 0.3 is 0 Å². The zero-order valence-corrected chi connectivity index (χ0v) is 14.2. The van der Waals surface area contributed by atoms with E-state index in [0.29, 0.717) is 30.0 Å². The van der Waals surface area contributed by atoms with Gasteiger partial charge in [-0.1, -0.05) is 0 Å². The molecule has 0 fully saturated rings. The maximum absolute atomic E-state index is 13.0. The number of fused-ring (bicyclic) bond motifs is 2. The lowest BCUT2D eigenvalue weighted by Crippen LogP contribution is -2.36. The Bertz CT molecular complexity index is 948. The molecule has 1 aliphatic heterocycles. The third-order valence-electron chi connectivity index (χ3n) is 4.65. The Kier molecular flexibility index (Phi) is 3.80. The van der Waals surface area contributed by atoms with Gasteiger partial charge in [0.05, 0.1) is 19.8 Å². The quantitative estimate of drug-likeness (QED) is 0.737. The van der Waals surface area contributed by atoms with Gasteiger partial charge in [-0.3, -0.25) is 4.79 Å². The highest BCUT2D eigenvalue weighted by atomic mass is 16.5. The third-order valence-corrected chi connectivity index (χ3v) is 4.65. The minimum Gasteiger partial charge on any atom is -0.493 e. The van der Waals surface area contributed by atoms with Crippen LogP contribution in [0.15, 0.2) is 42.9 Å². The molecule has 4 rings (SSSR count). The van der Waals surface area contributed by atoms with Crippen molar-refractivity contribution in [2.75, 3.05) is 20.8 Å².